The van der Waals surface area contributed by atoms with Crippen LogP contribution in [0.1, 0.15) is 6.42 Å². The number of hydrogen-bond donors (Lipinski definition) is 3. The molecule has 0 spiro atoms. The molecule has 0 atom stereocenters. The van der Waals surface area contributed by atoms with Gasteiger partial charge >= 0.3 is 0 Å². The molecule has 23 heavy (non-hydrogen) atoms. The van der Waals surface area contributed by atoms with E-state index in [0.29, 0.717) is 18.7 Å². The van der Waals surface area contributed by atoms with Gasteiger partial charge in [0.05, 0.1) is 17.7 Å². The molecule has 126 valence electrons. The third kappa shape index (κ3) is 6.40. The maximum Gasteiger partial charge on any atom is 0.243 e. The molecule has 0 saturated heterocycles. The third-order valence-electron chi connectivity index (χ3n) is 2.95. The van der Waals surface area contributed by atoms with Crippen molar-refractivity contribution < 1.29 is 9.59 Å². The number of carbonyl (C=O) groups excluding carboxylic acids is 2. The third-order valence-corrected chi connectivity index (χ3v) is 2.95. The molecule has 8 heteroatoms. The summed E-state index contributed by atoms with van der Waals surface area (Å²) in [5.74, 6) is -0.429. The Hall–Kier alpha value is -1.89. The van der Waals surface area contributed by atoms with Gasteiger partial charge < -0.3 is 16.0 Å². The van der Waals surface area contributed by atoms with Gasteiger partial charge in [-0.2, -0.15) is 0 Å². The average Bonchev–Trinajstić information content (AvgIpc) is 2.51. The summed E-state index contributed by atoms with van der Waals surface area (Å²) < 4.78 is 0. The van der Waals surface area contributed by atoms with Crippen molar-refractivity contribution in [3.8, 4) is 0 Å². The molecule has 0 aliphatic rings. The highest BCUT2D eigenvalue weighted by atomic mass is 35.5. The van der Waals surface area contributed by atoms with Crippen LogP contribution < -0.4 is 16.0 Å². The first kappa shape index (κ1) is 21.1. The van der Waals surface area contributed by atoms with Crippen molar-refractivity contribution in [2.75, 3.05) is 25.5 Å². The van der Waals surface area contributed by atoms with E-state index >= 15 is 0 Å². The van der Waals surface area contributed by atoms with Crippen molar-refractivity contribution in [2.24, 2.45) is 0 Å². The lowest BCUT2D eigenvalue weighted by atomic mass is 10.2. The summed E-state index contributed by atoms with van der Waals surface area (Å²) in [7, 11) is 1.77. The van der Waals surface area contributed by atoms with Crippen LogP contribution in [0, 0.1) is 0 Å². The monoisotopic (exact) mass is 358 g/mol. The van der Waals surface area contributed by atoms with Gasteiger partial charge in [0.1, 0.15) is 0 Å². The number of anilines is 1. The van der Waals surface area contributed by atoms with Gasteiger partial charge in [0, 0.05) is 24.5 Å². The van der Waals surface area contributed by atoms with Crippen LogP contribution in [0.25, 0.3) is 10.9 Å². The minimum Gasteiger partial charge on any atom is -0.347 e. The largest absolute Gasteiger partial charge is 0.347 e. The maximum atomic E-state index is 11.9. The Morgan fingerprint density at radius 1 is 1.09 bits per heavy atom. The van der Waals surface area contributed by atoms with Crippen LogP contribution in [0.3, 0.4) is 0 Å². The van der Waals surface area contributed by atoms with E-state index in [1.807, 2.05) is 24.3 Å². The molecule has 2 amide bonds. The van der Waals surface area contributed by atoms with Gasteiger partial charge in [-0.1, -0.05) is 18.2 Å². The van der Waals surface area contributed by atoms with Crippen molar-refractivity contribution in [2.45, 2.75) is 6.42 Å². The molecule has 0 fully saturated rings. The molecule has 0 saturated carbocycles. The van der Waals surface area contributed by atoms with Crippen molar-refractivity contribution in [3.63, 3.8) is 0 Å². The number of halogens is 2. The first-order chi connectivity index (χ1) is 10.2. The second-order valence-electron chi connectivity index (χ2n) is 4.56. The lowest BCUT2D eigenvalue weighted by Gasteiger charge is -2.09. The number of benzene rings is 1. The zero-order valence-corrected chi connectivity index (χ0v) is 14.3. The number of rotatable bonds is 6. The molecular weight excluding hydrogens is 339 g/mol. The van der Waals surface area contributed by atoms with E-state index < -0.39 is 0 Å². The summed E-state index contributed by atoms with van der Waals surface area (Å²) in [5.41, 5.74) is 1.37. The summed E-state index contributed by atoms with van der Waals surface area (Å²) >= 11 is 0. The minimum atomic E-state index is -0.272. The predicted molar refractivity (Wildman–Crippen MR) is 96.4 cm³/mol. The van der Waals surface area contributed by atoms with Gasteiger partial charge in [0.2, 0.25) is 11.8 Å². The molecule has 0 radical (unpaired) electrons. The van der Waals surface area contributed by atoms with Crippen LogP contribution >= 0.6 is 24.8 Å². The predicted octanol–water partition coefficient (Wildman–Crippen LogP) is 1.74. The molecule has 3 N–H and O–H groups in total. The van der Waals surface area contributed by atoms with Crippen molar-refractivity contribution in [3.05, 3.63) is 36.5 Å². The minimum absolute atomic E-state index is 0. The van der Waals surface area contributed by atoms with Crippen LogP contribution in [-0.2, 0) is 9.59 Å². The topological polar surface area (TPSA) is 83.1 Å². The Balaban J connectivity index is 0.00000242. The van der Waals surface area contributed by atoms with Crippen LogP contribution in [-0.4, -0.2) is 36.9 Å². The van der Waals surface area contributed by atoms with E-state index in [4.69, 9.17) is 0 Å². The molecule has 1 heterocycles. The number of amides is 2. The van der Waals surface area contributed by atoms with E-state index in [2.05, 4.69) is 20.9 Å². The van der Waals surface area contributed by atoms with E-state index in [0.717, 1.165) is 10.9 Å². The summed E-state index contributed by atoms with van der Waals surface area (Å²) in [4.78, 5) is 27.6. The zero-order valence-electron chi connectivity index (χ0n) is 12.7. The average molecular weight is 359 g/mol. The number of nitrogens with zero attached hydrogens (tertiary/aromatic N) is 1. The second-order valence-corrected chi connectivity index (χ2v) is 4.56. The Bertz CT molecular complexity index is 647. The van der Waals surface area contributed by atoms with Gasteiger partial charge in [-0.15, -0.1) is 24.8 Å². The zero-order chi connectivity index (χ0) is 15.1. The van der Waals surface area contributed by atoms with Gasteiger partial charge in [0.15, 0.2) is 0 Å². The Morgan fingerprint density at radius 3 is 2.57 bits per heavy atom. The Morgan fingerprint density at radius 2 is 1.83 bits per heavy atom. The van der Waals surface area contributed by atoms with Crippen molar-refractivity contribution in [1.29, 1.82) is 0 Å². The number of hydrogen-bond acceptors (Lipinski definition) is 4. The van der Waals surface area contributed by atoms with Crippen molar-refractivity contribution in [1.82, 2.24) is 15.6 Å². The molecule has 2 aromatic rings. The normalized spacial score (nSPS) is 9.43. The molecule has 0 aliphatic heterocycles. The maximum absolute atomic E-state index is 11.9. The van der Waals surface area contributed by atoms with E-state index in [1.165, 1.54) is 0 Å². The Labute approximate surface area is 147 Å². The highest BCUT2D eigenvalue weighted by Gasteiger charge is 2.08. The molecule has 0 aliphatic carbocycles. The van der Waals surface area contributed by atoms with E-state index in [-0.39, 0.29) is 43.2 Å². The van der Waals surface area contributed by atoms with Gasteiger partial charge in [-0.3, -0.25) is 14.6 Å². The summed E-state index contributed by atoms with van der Waals surface area (Å²) in [5, 5.41) is 9.17. The summed E-state index contributed by atoms with van der Waals surface area (Å²) in [6.45, 7) is 0.534. The number of nitrogens with one attached hydrogen (secondary N) is 3. The quantitative estimate of drug-likeness (QED) is 0.734. The first-order valence-electron chi connectivity index (χ1n) is 6.75. The first-order valence-corrected chi connectivity index (χ1v) is 6.75. The number of aromatic nitrogens is 1. The molecular formula is C15H20Cl2N4O2. The number of para-hydroxylation sites is 1. The van der Waals surface area contributed by atoms with Crippen LogP contribution in [0.4, 0.5) is 5.69 Å². The molecule has 1 aromatic heterocycles. The summed E-state index contributed by atoms with van der Waals surface area (Å²) in [6, 6.07) is 9.34. The fraction of sp³-hybridized carbons (Fsp3) is 0.267. The van der Waals surface area contributed by atoms with E-state index in [9.17, 15) is 9.59 Å². The van der Waals surface area contributed by atoms with Crippen LogP contribution in [0.5, 0.6) is 0 Å². The molecule has 6 nitrogen and oxygen atoms in total. The van der Waals surface area contributed by atoms with Gasteiger partial charge in [0.25, 0.3) is 0 Å². The van der Waals surface area contributed by atoms with Gasteiger partial charge in [-0.05, 0) is 19.2 Å². The Kier molecular flexibility index (Phi) is 9.89. The standard InChI is InChI=1S/C15H18N4O2.2ClH/c1-16-9-7-13(20)18-10-14(21)19-12-6-2-4-11-5-3-8-17-15(11)12;;/h2-6,8,16H,7,9-10H2,1H3,(H,18,20)(H,19,21);2*1H. The smallest absolute Gasteiger partial charge is 0.243 e. The van der Waals surface area contributed by atoms with E-state index in [1.54, 1.807) is 19.3 Å². The highest BCUT2D eigenvalue weighted by molar-refractivity contribution is 6.01. The van der Waals surface area contributed by atoms with Gasteiger partial charge in [-0.25, -0.2) is 0 Å². The highest BCUT2D eigenvalue weighted by Crippen LogP contribution is 2.20. The summed E-state index contributed by atoms with van der Waals surface area (Å²) in [6.07, 6.45) is 2.02. The SMILES string of the molecule is CNCCC(=O)NCC(=O)Nc1cccc2cccnc12.Cl.Cl. The van der Waals surface area contributed by atoms with Crippen molar-refractivity contribution >= 4 is 53.2 Å². The molecule has 1 aromatic carbocycles. The fourth-order valence-corrected chi connectivity index (χ4v) is 1.91. The lowest BCUT2D eigenvalue weighted by molar-refractivity contribution is -0.124. The van der Waals surface area contributed by atoms with Crippen LogP contribution in [0.15, 0.2) is 36.5 Å². The number of pyridine rings is 1. The number of fused-ring (bicyclic) bond motifs is 1. The molecule has 0 bridgehead atoms. The fourth-order valence-electron chi connectivity index (χ4n) is 1.91. The van der Waals surface area contributed by atoms with Crippen LogP contribution in [0.2, 0.25) is 0 Å². The number of carbonyl (C=O) groups is 2. The lowest BCUT2D eigenvalue weighted by Crippen LogP contribution is -2.34. The molecule has 2 rings (SSSR count). The second kappa shape index (κ2) is 10.8. The molecule has 0 unspecified atom stereocenters.